The summed E-state index contributed by atoms with van der Waals surface area (Å²) >= 11 is 1.74. The van der Waals surface area contributed by atoms with Crippen LogP contribution in [0.2, 0.25) is 0 Å². The molecule has 0 spiro atoms. The van der Waals surface area contributed by atoms with E-state index in [0.29, 0.717) is 12.4 Å². The van der Waals surface area contributed by atoms with Gasteiger partial charge in [0.1, 0.15) is 23.9 Å². The van der Waals surface area contributed by atoms with Crippen molar-refractivity contribution in [1.29, 1.82) is 0 Å². The van der Waals surface area contributed by atoms with Crippen LogP contribution in [0.5, 0.6) is 17.2 Å². The van der Waals surface area contributed by atoms with E-state index < -0.39 is 0 Å². The van der Waals surface area contributed by atoms with Crippen LogP contribution in [0.1, 0.15) is 16.7 Å². The van der Waals surface area contributed by atoms with Crippen molar-refractivity contribution in [1.82, 2.24) is 4.98 Å². The Kier molecular flexibility index (Phi) is 6.02. The van der Waals surface area contributed by atoms with Gasteiger partial charge in [0.2, 0.25) is 0 Å². The fraction of sp³-hybridized carbons (Fsp3) is 0.190. The minimum Gasteiger partial charge on any atom is -0.508 e. The Hall–Kier alpha value is -2.66. The highest BCUT2D eigenvalue weighted by atomic mass is 32.2. The SMILES string of the molecule is COc1cc(COc2cccc(O)c2C)ccc1CSc1ccncc1. The molecule has 0 unspecified atom stereocenters. The van der Waals surface area contributed by atoms with Crippen LogP contribution in [0, 0.1) is 6.92 Å². The quantitative estimate of drug-likeness (QED) is 0.597. The van der Waals surface area contributed by atoms with Crippen LogP contribution in [-0.2, 0) is 12.4 Å². The van der Waals surface area contributed by atoms with Gasteiger partial charge >= 0.3 is 0 Å². The van der Waals surface area contributed by atoms with Gasteiger partial charge in [-0.25, -0.2) is 0 Å². The van der Waals surface area contributed by atoms with Gasteiger partial charge in [0.15, 0.2) is 0 Å². The molecule has 1 aromatic heterocycles. The van der Waals surface area contributed by atoms with Crippen LogP contribution < -0.4 is 9.47 Å². The molecule has 0 fully saturated rings. The molecule has 0 radical (unpaired) electrons. The summed E-state index contributed by atoms with van der Waals surface area (Å²) in [7, 11) is 1.68. The van der Waals surface area contributed by atoms with Gasteiger partial charge in [0.05, 0.1) is 7.11 Å². The first-order valence-corrected chi connectivity index (χ1v) is 9.26. The second-order valence-electron chi connectivity index (χ2n) is 5.81. The number of ether oxygens (including phenoxy) is 2. The van der Waals surface area contributed by atoms with Crippen LogP contribution in [0.15, 0.2) is 65.8 Å². The van der Waals surface area contributed by atoms with Crippen LogP contribution in [0.25, 0.3) is 0 Å². The Labute approximate surface area is 157 Å². The van der Waals surface area contributed by atoms with Crippen molar-refractivity contribution in [3.63, 3.8) is 0 Å². The number of methoxy groups -OCH3 is 1. The topological polar surface area (TPSA) is 51.6 Å². The average Bonchev–Trinajstić information content (AvgIpc) is 2.68. The van der Waals surface area contributed by atoms with Crippen molar-refractivity contribution in [3.05, 3.63) is 77.6 Å². The van der Waals surface area contributed by atoms with E-state index in [9.17, 15) is 5.11 Å². The highest BCUT2D eigenvalue weighted by Crippen LogP contribution is 2.30. The molecular formula is C21H21NO3S. The lowest BCUT2D eigenvalue weighted by atomic mass is 10.1. The number of hydrogen-bond donors (Lipinski definition) is 1. The number of phenols is 1. The zero-order valence-electron chi connectivity index (χ0n) is 14.8. The fourth-order valence-electron chi connectivity index (χ4n) is 2.51. The highest BCUT2D eigenvalue weighted by Gasteiger charge is 2.08. The van der Waals surface area contributed by atoms with Crippen LogP contribution >= 0.6 is 11.8 Å². The zero-order valence-corrected chi connectivity index (χ0v) is 15.6. The average molecular weight is 367 g/mol. The van der Waals surface area contributed by atoms with Gasteiger partial charge in [-0.2, -0.15) is 0 Å². The lowest BCUT2D eigenvalue weighted by molar-refractivity contribution is 0.301. The van der Waals surface area contributed by atoms with Crippen LogP contribution in [-0.4, -0.2) is 17.2 Å². The molecule has 4 nitrogen and oxygen atoms in total. The summed E-state index contributed by atoms with van der Waals surface area (Å²) < 4.78 is 11.4. The summed E-state index contributed by atoms with van der Waals surface area (Å²) in [4.78, 5) is 5.21. The Balaban J connectivity index is 1.67. The molecular weight excluding hydrogens is 346 g/mol. The van der Waals surface area contributed by atoms with Gasteiger partial charge in [0, 0.05) is 34.2 Å². The van der Waals surface area contributed by atoms with Crippen molar-refractivity contribution >= 4 is 11.8 Å². The first kappa shape index (κ1) is 18.1. The smallest absolute Gasteiger partial charge is 0.126 e. The van der Waals surface area contributed by atoms with Gasteiger partial charge in [0.25, 0.3) is 0 Å². The monoisotopic (exact) mass is 367 g/mol. The predicted molar refractivity (Wildman–Crippen MR) is 104 cm³/mol. The van der Waals surface area contributed by atoms with Gasteiger partial charge < -0.3 is 14.6 Å². The van der Waals surface area contributed by atoms with Crippen molar-refractivity contribution in [2.45, 2.75) is 24.2 Å². The summed E-state index contributed by atoms with van der Waals surface area (Å²) in [6.07, 6.45) is 3.59. The molecule has 2 aromatic carbocycles. The minimum atomic E-state index is 0.239. The largest absolute Gasteiger partial charge is 0.508 e. The normalized spacial score (nSPS) is 10.5. The third-order valence-electron chi connectivity index (χ3n) is 4.05. The number of benzene rings is 2. The molecule has 1 N–H and O–H groups in total. The first-order valence-electron chi connectivity index (χ1n) is 8.27. The number of nitrogens with zero attached hydrogens (tertiary/aromatic N) is 1. The first-order chi connectivity index (χ1) is 12.7. The van der Waals surface area contributed by atoms with Crippen molar-refractivity contribution in [3.8, 4) is 17.2 Å². The Morgan fingerprint density at radius 3 is 2.62 bits per heavy atom. The molecule has 5 heteroatoms. The molecule has 0 aliphatic carbocycles. The minimum absolute atomic E-state index is 0.239. The summed E-state index contributed by atoms with van der Waals surface area (Å²) in [5, 5.41) is 9.76. The maximum Gasteiger partial charge on any atom is 0.126 e. The molecule has 0 bridgehead atoms. The zero-order chi connectivity index (χ0) is 18.4. The Morgan fingerprint density at radius 2 is 1.85 bits per heavy atom. The van der Waals surface area contributed by atoms with E-state index in [0.717, 1.165) is 28.2 Å². The number of hydrogen-bond acceptors (Lipinski definition) is 5. The fourth-order valence-corrected chi connectivity index (χ4v) is 3.39. The summed E-state index contributed by atoms with van der Waals surface area (Å²) in [5.74, 6) is 2.59. The van der Waals surface area contributed by atoms with Gasteiger partial charge in [-0.3, -0.25) is 4.98 Å². The van der Waals surface area contributed by atoms with Gasteiger partial charge in [-0.1, -0.05) is 18.2 Å². The third kappa shape index (κ3) is 4.49. The van der Waals surface area contributed by atoms with E-state index >= 15 is 0 Å². The summed E-state index contributed by atoms with van der Waals surface area (Å²) in [5.41, 5.74) is 2.89. The third-order valence-corrected chi connectivity index (χ3v) is 5.11. The highest BCUT2D eigenvalue weighted by molar-refractivity contribution is 7.98. The second kappa shape index (κ2) is 8.63. The standard InChI is InChI=1S/C21H21NO3S/c1-15-19(23)4-3-5-20(15)25-13-16-6-7-17(21(12-16)24-2)14-26-18-8-10-22-11-9-18/h3-12,23H,13-14H2,1-2H3. The van der Waals surface area contributed by atoms with E-state index in [4.69, 9.17) is 9.47 Å². The maximum absolute atomic E-state index is 9.76. The van der Waals surface area contributed by atoms with Crippen LogP contribution in [0.4, 0.5) is 0 Å². The van der Waals surface area contributed by atoms with E-state index in [-0.39, 0.29) is 5.75 Å². The molecule has 0 aliphatic rings. The Bertz CT molecular complexity index is 868. The summed E-state index contributed by atoms with van der Waals surface area (Å²) in [6, 6.07) is 15.4. The number of phenolic OH excluding ortho intramolecular Hbond substituents is 1. The van der Waals surface area contributed by atoms with Crippen molar-refractivity contribution in [2.75, 3.05) is 7.11 Å². The lowest BCUT2D eigenvalue weighted by Gasteiger charge is -2.13. The van der Waals surface area contributed by atoms with Gasteiger partial charge in [-0.15, -0.1) is 11.8 Å². The molecule has 3 rings (SSSR count). The molecule has 0 atom stereocenters. The number of pyridine rings is 1. The molecule has 0 aliphatic heterocycles. The molecule has 0 amide bonds. The van der Waals surface area contributed by atoms with E-state index in [1.54, 1.807) is 43.4 Å². The van der Waals surface area contributed by atoms with E-state index in [1.165, 1.54) is 4.90 Å². The van der Waals surface area contributed by atoms with Crippen LogP contribution in [0.3, 0.4) is 0 Å². The molecule has 0 saturated carbocycles. The Morgan fingerprint density at radius 1 is 1.04 bits per heavy atom. The second-order valence-corrected chi connectivity index (χ2v) is 6.86. The molecule has 26 heavy (non-hydrogen) atoms. The van der Waals surface area contributed by atoms with E-state index in [2.05, 4.69) is 11.1 Å². The molecule has 0 saturated heterocycles. The molecule has 1 heterocycles. The lowest BCUT2D eigenvalue weighted by Crippen LogP contribution is -1.99. The van der Waals surface area contributed by atoms with Crippen molar-refractivity contribution in [2.24, 2.45) is 0 Å². The molecule has 3 aromatic rings. The number of rotatable bonds is 7. The maximum atomic E-state index is 9.76. The van der Waals surface area contributed by atoms with Crippen molar-refractivity contribution < 1.29 is 14.6 Å². The predicted octanol–water partition coefficient (Wildman–Crippen LogP) is 4.98. The molecule has 134 valence electrons. The summed E-state index contributed by atoms with van der Waals surface area (Å²) in [6.45, 7) is 2.25. The number of aromatic nitrogens is 1. The van der Waals surface area contributed by atoms with E-state index in [1.807, 2.05) is 37.3 Å². The van der Waals surface area contributed by atoms with Gasteiger partial charge in [-0.05, 0) is 42.8 Å². The number of thioether (sulfide) groups is 1. The number of aromatic hydroxyl groups is 1.